The van der Waals surface area contributed by atoms with Crippen molar-refractivity contribution < 1.29 is 36.3 Å². The summed E-state index contributed by atoms with van der Waals surface area (Å²) in [6, 6.07) is 10.8. The predicted octanol–water partition coefficient (Wildman–Crippen LogP) is 4.42. The van der Waals surface area contributed by atoms with Gasteiger partial charge in [-0.2, -0.15) is 5.10 Å². The second kappa shape index (κ2) is 13.5. The first-order valence-corrected chi connectivity index (χ1v) is 16.8. The molecule has 1 saturated carbocycles. The second-order valence-electron chi connectivity index (χ2n) is 12.3. The van der Waals surface area contributed by atoms with E-state index in [1.165, 1.54) is 49.6 Å². The summed E-state index contributed by atoms with van der Waals surface area (Å²) in [6.07, 6.45) is 2.57. The standard InChI is InChI=1S/C32H33ClF2N6O6S/c1-31(10-12-32(2,13-11-31)30(44)40-48(45,46)21-7-5-20(47-3)6-8-21)18-37-29(43)26-15-25(39-27-24(35)17-38-41(26)27)28(42)36-16-19-4-9-23(34)22(33)14-19/h4-9,14-15,17H,10-13,16,18H2,1-3H3,(H,36,42)(H,37,43)(H,40,44). The van der Waals surface area contributed by atoms with E-state index < -0.39 is 50.2 Å². The zero-order chi connectivity index (χ0) is 34.9. The molecule has 1 aliphatic rings. The number of fused-ring (bicyclic) bond motifs is 1. The summed E-state index contributed by atoms with van der Waals surface area (Å²) in [7, 11) is -2.64. The minimum atomic E-state index is -4.10. The van der Waals surface area contributed by atoms with E-state index in [4.69, 9.17) is 16.3 Å². The second-order valence-corrected chi connectivity index (χ2v) is 14.4. The average Bonchev–Trinajstić information content (AvgIpc) is 3.45. The van der Waals surface area contributed by atoms with E-state index in [-0.39, 0.29) is 40.0 Å². The minimum Gasteiger partial charge on any atom is -0.497 e. The minimum absolute atomic E-state index is 0.0301. The molecule has 48 heavy (non-hydrogen) atoms. The molecule has 0 bridgehead atoms. The molecule has 5 rings (SSSR count). The Hall–Kier alpha value is -4.63. The lowest BCUT2D eigenvalue weighted by molar-refractivity contribution is -0.131. The van der Waals surface area contributed by atoms with Gasteiger partial charge in [0, 0.05) is 24.6 Å². The average molecular weight is 703 g/mol. The van der Waals surface area contributed by atoms with Gasteiger partial charge in [-0.1, -0.05) is 31.5 Å². The molecule has 3 amide bonds. The largest absolute Gasteiger partial charge is 0.497 e. The number of benzene rings is 2. The van der Waals surface area contributed by atoms with E-state index in [0.29, 0.717) is 37.0 Å². The third-order valence-electron chi connectivity index (χ3n) is 8.71. The fourth-order valence-electron chi connectivity index (χ4n) is 5.39. The van der Waals surface area contributed by atoms with Crippen molar-refractivity contribution in [3.8, 4) is 5.75 Å². The molecule has 1 aliphatic carbocycles. The molecule has 4 aromatic rings. The highest BCUT2D eigenvalue weighted by Gasteiger charge is 2.43. The zero-order valence-corrected chi connectivity index (χ0v) is 27.8. The molecule has 0 radical (unpaired) electrons. The maximum absolute atomic E-state index is 14.5. The number of rotatable bonds is 10. The molecule has 0 spiro atoms. The molecule has 16 heteroatoms. The van der Waals surface area contributed by atoms with Crippen LogP contribution in [0.1, 0.15) is 66.1 Å². The lowest BCUT2D eigenvalue weighted by Crippen LogP contribution is -2.47. The van der Waals surface area contributed by atoms with Crippen LogP contribution in [0.4, 0.5) is 8.78 Å². The highest BCUT2D eigenvalue weighted by atomic mass is 35.5. The lowest BCUT2D eigenvalue weighted by atomic mass is 9.65. The van der Waals surface area contributed by atoms with Crippen LogP contribution in [0, 0.1) is 22.5 Å². The third kappa shape index (κ3) is 7.41. The van der Waals surface area contributed by atoms with Crippen LogP contribution in [0.15, 0.2) is 59.6 Å². The Kier molecular flexibility index (Phi) is 9.74. The predicted molar refractivity (Wildman–Crippen MR) is 171 cm³/mol. The summed E-state index contributed by atoms with van der Waals surface area (Å²) in [5.41, 5.74) is -1.61. The van der Waals surface area contributed by atoms with Crippen molar-refractivity contribution in [3.05, 3.63) is 88.3 Å². The fraction of sp³-hybridized carbons (Fsp3) is 0.344. The summed E-state index contributed by atoms with van der Waals surface area (Å²) in [4.78, 5) is 43.5. The van der Waals surface area contributed by atoms with E-state index in [1.807, 2.05) is 6.92 Å². The number of carbonyl (C=O) groups excluding carboxylic acids is 3. The number of nitrogens with zero attached hydrogens (tertiary/aromatic N) is 3. The van der Waals surface area contributed by atoms with Gasteiger partial charge in [0.2, 0.25) is 5.91 Å². The first-order chi connectivity index (χ1) is 22.6. The third-order valence-corrected chi connectivity index (χ3v) is 10.3. The molecular weight excluding hydrogens is 670 g/mol. The number of halogens is 3. The number of carbonyl (C=O) groups is 3. The van der Waals surface area contributed by atoms with Gasteiger partial charge in [0.25, 0.3) is 21.8 Å². The van der Waals surface area contributed by atoms with E-state index in [2.05, 4.69) is 25.4 Å². The molecule has 2 aromatic heterocycles. The number of sulfonamides is 1. The Morgan fingerprint density at radius 3 is 2.29 bits per heavy atom. The van der Waals surface area contributed by atoms with Gasteiger partial charge in [-0.15, -0.1) is 0 Å². The van der Waals surface area contributed by atoms with Crippen molar-refractivity contribution in [1.82, 2.24) is 30.0 Å². The quantitative estimate of drug-likeness (QED) is 0.219. The Morgan fingerprint density at radius 1 is 0.958 bits per heavy atom. The molecule has 2 aromatic carbocycles. The first-order valence-electron chi connectivity index (χ1n) is 14.9. The summed E-state index contributed by atoms with van der Waals surface area (Å²) < 4.78 is 62.0. The van der Waals surface area contributed by atoms with Crippen LogP contribution in [-0.4, -0.2) is 54.4 Å². The molecule has 1 fully saturated rings. The molecule has 12 nitrogen and oxygen atoms in total. The number of amides is 3. The number of hydrogen-bond donors (Lipinski definition) is 3. The molecule has 3 N–H and O–H groups in total. The van der Waals surface area contributed by atoms with E-state index in [9.17, 15) is 31.6 Å². The topological polar surface area (TPSA) is 161 Å². The summed E-state index contributed by atoms with van der Waals surface area (Å²) >= 11 is 5.81. The van der Waals surface area contributed by atoms with Crippen molar-refractivity contribution in [2.45, 2.75) is 51.0 Å². The summed E-state index contributed by atoms with van der Waals surface area (Å²) in [5, 5.41) is 9.22. The SMILES string of the molecule is COc1ccc(S(=O)(=O)NC(=O)C2(C)CCC(C)(CNC(=O)c3cc(C(=O)NCc4ccc(F)c(Cl)c4)nc4c(F)cnn34)CC2)cc1. The Labute approximate surface area is 280 Å². The number of nitrogens with one attached hydrogen (secondary N) is 3. The zero-order valence-electron chi connectivity index (χ0n) is 26.3. The molecular formula is C32H33ClF2N6O6S. The maximum Gasteiger partial charge on any atom is 0.270 e. The molecule has 0 atom stereocenters. The number of aromatic nitrogens is 3. The Morgan fingerprint density at radius 2 is 1.65 bits per heavy atom. The van der Waals surface area contributed by atoms with Crippen molar-refractivity contribution in [3.63, 3.8) is 0 Å². The summed E-state index contributed by atoms with van der Waals surface area (Å²) in [5.74, 6) is -2.93. The van der Waals surface area contributed by atoms with Gasteiger partial charge < -0.3 is 15.4 Å². The fourth-order valence-corrected chi connectivity index (χ4v) is 6.69. The van der Waals surface area contributed by atoms with Crippen LogP contribution in [-0.2, 0) is 21.4 Å². The van der Waals surface area contributed by atoms with Crippen LogP contribution in [0.5, 0.6) is 5.75 Å². The van der Waals surface area contributed by atoms with Gasteiger partial charge in [0.05, 0.1) is 23.2 Å². The number of hydrogen-bond acceptors (Lipinski definition) is 8. The maximum atomic E-state index is 14.5. The van der Waals surface area contributed by atoms with Crippen LogP contribution < -0.4 is 20.1 Å². The van der Waals surface area contributed by atoms with Crippen LogP contribution in [0.25, 0.3) is 5.65 Å². The first kappa shape index (κ1) is 34.7. The highest BCUT2D eigenvalue weighted by molar-refractivity contribution is 7.90. The van der Waals surface area contributed by atoms with Crippen LogP contribution in [0.3, 0.4) is 0 Å². The Balaban J connectivity index is 1.22. The summed E-state index contributed by atoms with van der Waals surface area (Å²) in [6.45, 7) is 3.79. The van der Waals surface area contributed by atoms with Gasteiger partial charge in [0.15, 0.2) is 11.5 Å². The normalized spacial score (nSPS) is 19.5. The number of ether oxygens (including phenoxy) is 1. The van der Waals surface area contributed by atoms with Gasteiger partial charge in [-0.05, 0) is 73.1 Å². The smallest absolute Gasteiger partial charge is 0.270 e. The Bertz CT molecular complexity index is 2000. The number of methoxy groups -OCH3 is 1. The van der Waals surface area contributed by atoms with Gasteiger partial charge >= 0.3 is 0 Å². The van der Waals surface area contributed by atoms with Crippen molar-refractivity contribution in [2.75, 3.05) is 13.7 Å². The van der Waals surface area contributed by atoms with Crippen molar-refractivity contribution in [2.24, 2.45) is 10.8 Å². The van der Waals surface area contributed by atoms with Gasteiger partial charge in [-0.3, -0.25) is 14.4 Å². The monoisotopic (exact) mass is 702 g/mol. The lowest BCUT2D eigenvalue weighted by Gasteiger charge is -2.42. The molecule has 0 aliphatic heterocycles. The molecule has 0 unspecified atom stereocenters. The van der Waals surface area contributed by atoms with Crippen molar-refractivity contribution >= 4 is 45.0 Å². The van der Waals surface area contributed by atoms with Crippen molar-refractivity contribution in [1.29, 1.82) is 0 Å². The molecule has 254 valence electrons. The van der Waals surface area contributed by atoms with E-state index >= 15 is 0 Å². The van der Waals surface area contributed by atoms with Crippen LogP contribution in [0.2, 0.25) is 5.02 Å². The molecule has 2 heterocycles. The van der Waals surface area contributed by atoms with Crippen LogP contribution >= 0.6 is 11.6 Å². The van der Waals surface area contributed by atoms with E-state index in [0.717, 1.165) is 16.8 Å². The highest BCUT2D eigenvalue weighted by Crippen LogP contribution is 2.45. The van der Waals surface area contributed by atoms with Gasteiger partial charge in [-0.25, -0.2) is 31.4 Å². The molecule has 0 saturated heterocycles. The van der Waals surface area contributed by atoms with E-state index in [1.54, 1.807) is 6.92 Å². The van der Waals surface area contributed by atoms with Gasteiger partial charge in [0.1, 0.15) is 23.0 Å².